The zero-order chi connectivity index (χ0) is 10.2. The van der Waals surface area contributed by atoms with E-state index in [1.54, 1.807) is 0 Å². The summed E-state index contributed by atoms with van der Waals surface area (Å²) < 4.78 is 0. The van der Waals surface area contributed by atoms with Crippen LogP contribution < -0.4 is 10.6 Å². The van der Waals surface area contributed by atoms with Gasteiger partial charge in [0.2, 0.25) is 0 Å². The van der Waals surface area contributed by atoms with Gasteiger partial charge >= 0.3 is 0 Å². The summed E-state index contributed by atoms with van der Waals surface area (Å²) >= 11 is 5.10. The van der Waals surface area contributed by atoms with Gasteiger partial charge in [0, 0.05) is 13.1 Å². The maximum Gasteiger partial charge on any atom is 0.166 e. The van der Waals surface area contributed by atoms with Crippen LogP contribution in [-0.4, -0.2) is 18.2 Å². The maximum absolute atomic E-state index is 5.10. The highest BCUT2D eigenvalue weighted by atomic mass is 32.1. The topological polar surface area (TPSA) is 24.1 Å². The van der Waals surface area contributed by atoms with Crippen LogP contribution in [0, 0.1) is 5.92 Å². The molecule has 0 aromatic rings. The average Bonchev–Trinajstić information content (AvgIpc) is 2.20. The van der Waals surface area contributed by atoms with Crippen LogP contribution in [-0.2, 0) is 0 Å². The molecule has 0 aromatic heterocycles. The summed E-state index contributed by atoms with van der Waals surface area (Å²) in [5.41, 5.74) is 0. The fourth-order valence-electron chi connectivity index (χ4n) is 2.09. The van der Waals surface area contributed by atoms with Crippen molar-refractivity contribution in [3.8, 4) is 0 Å². The molecule has 3 heteroatoms. The van der Waals surface area contributed by atoms with Crippen LogP contribution in [0.2, 0.25) is 0 Å². The Labute approximate surface area is 92.8 Å². The first-order valence-corrected chi connectivity index (χ1v) is 6.25. The van der Waals surface area contributed by atoms with Crippen molar-refractivity contribution in [2.75, 3.05) is 13.1 Å². The quantitative estimate of drug-likeness (QED) is 0.703. The summed E-state index contributed by atoms with van der Waals surface area (Å²) in [4.78, 5) is 0. The number of hydrogen-bond donors (Lipinski definition) is 2. The molecule has 0 unspecified atom stereocenters. The summed E-state index contributed by atoms with van der Waals surface area (Å²) in [5.74, 6) is 0.945. The molecule has 14 heavy (non-hydrogen) atoms. The molecule has 0 heterocycles. The molecule has 1 rings (SSSR count). The molecule has 0 aliphatic heterocycles. The standard InChI is InChI=1S/C11H22N2S/c1-2-12-11(14)13-9-8-10-6-4-3-5-7-10/h10H,2-9H2,1H3,(H2,12,13,14). The van der Waals surface area contributed by atoms with E-state index in [-0.39, 0.29) is 0 Å². The Bertz CT molecular complexity index is 165. The van der Waals surface area contributed by atoms with Gasteiger partial charge in [-0.1, -0.05) is 32.1 Å². The van der Waals surface area contributed by atoms with Crippen LogP contribution in [0.3, 0.4) is 0 Å². The zero-order valence-electron chi connectivity index (χ0n) is 9.14. The minimum atomic E-state index is 0.809. The molecule has 1 saturated carbocycles. The van der Waals surface area contributed by atoms with E-state index in [1.807, 2.05) is 0 Å². The molecule has 2 nitrogen and oxygen atoms in total. The van der Waals surface area contributed by atoms with Crippen molar-refractivity contribution in [3.63, 3.8) is 0 Å². The van der Waals surface area contributed by atoms with Gasteiger partial charge in [-0.15, -0.1) is 0 Å². The molecule has 0 bridgehead atoms. The molecule has 0 radical (unpaired) electrons. The summed E-state index contributed by atoms with van der Waals surface area (Å²) in [6, 6.07) is 0. The normalized spacial score (nSPS) is 17.8. The Hall–Kier alpha value is -0.310. The van der Waals surface area contributed by atoms with E-state index in [0.717, 1.165) is 24.1 Å². The highest BCUT2D eigenvalue weighted by molar-refractivity contribution is 7.80. The van der Waals surface area contributed by atoms with Gasteiger partial charge in [-0.3, -0.25) is 0 Å². The monoisotopic (exact) mass is 214 g/mol. The van der Waals surface area contributed by atoms with Gasteiger partial charge in [-0.2, -0.15) is 0 Å². The predicted molar refractivity (Wildman–Crippen MR) is 65.5 cm³/mol. The smallest absolute Gasteiger partial charge is 0.166 e. The molecule has 0 aromatic carbocycles. The molecule has 82 valence electrons. The maximum atomic E-state index is 5.10. The van der Waals surface area contributed by atoms with Gasteiger partial charge in [0.1, 0.15) is 0 Å². The minimum absolute atomic E-state index is 0.809. The number of nitrogens with one attached hydrogen (secondary N) is 2. The molecular formula is C11H22N2S. The molecule has 2 N–H and O–H groups in total. The second-order valence-electron chi connectivity index (χ2n) is 4.08. The Morgan fingerprint density at radius 1 is 1.21 bits per heavy atom. The summed E-state index contributed by atoms with van der Waals surface area (Å²) in [7, 11) is 0. The van der Waals surface area contributed by atoms with Crippen molar-refractivity contribution in [1.29, 1.82) is 0 Å². The molecule has 1 aliphatic rings. The van der Waals surface area contributed by atoms with Gasteiger partial charge in [-0.05, 0) is 31.5 Å². The van der Waals surface area contributed by atoms with Crippen molar-refractivity contribution in [2.45, 2.75) is 45.4 Å². The van der Waals surface area contributed by atoms with Crippen LogP contribution in [0.1, 0.15) is 45.4 Å². The van der Waals surface area contributed by atoms with Crippen LogP contribution in [0.5, 0.6) is 0 Å². The fraction of sp³-hybridized carbons (Fsp3) is 0.909. The van der Waals surface area contributed by atoms with Gasteiger partial charge in [0.15, 0.2) is 5.11 Å². The molecular weight excluding hydrogens is 192 g/mol. The molecule has 1 aliphatic carbocycles. The lowest BCUT2D eigenvalue weighted by molar-refractivity contribution is 0.339. The third-order valence-corrected chi connectivity index (χ3v) is 3.19. The van der Waals surface area contributed by atoms with E-state index in [0.29, 0.717) is 0 Å². The number of thiocarbonyl (C=S) groups is 1. The average molecular weight is 214 g/mol. The zero-order valence-corrected chi connectivity index (χ0v) is 9.96. The largest absolute Gasteiger partial charge is 0.363 e. The van der Waals surface area contributed by atoms with Gasteiger partial charge in [0.05, 0.1) is 0 Å². The summed E-state index contributed by atoms with van der Waals surface area (Å²) in [6.45, 7) is 4.01. The summed E-state index contributed by atoms with van der Waals surface area (Å²) in [5, 5.41) is 7.16. The van der Waals surface area contributed by atoms with Crippen molar-refractivity contribution in [3.05, 3.63) is 0 Å². The van der Waals surface area contributed by atoms with E-state index in [2.05, 4.69) is 17.6 Å². The van der Waals surface area contributed by atoms with E-state index in [4.69, 9.17) is 12.2 Å². The van der Waals surface area contributed by atoms with Crippen molar-refractivity contribution in [1.82, 2.24) is 10.6 Å². The first-order valence-electron chi connectivity index (χ1n) is 5.84. The second-order valence-corrected chi connectivity index (χ2v) is 4.49. The van der Waals surface area contributed by atoms with Crippen molar-refractivity contribution >= 4 is 17.3 Å². The Kier molecular flexibility index (Phi) is 5.92. The lowest BCUT2D eigenvalue weighted by Gasteiger charge is -2.21. The molecule has 1 fully saturated rings. The van der Waals surface area contributed by atoms with E-state index >= 15 is 0 Å². The Morgan fingerprint density at radius 2 is 1.93 bits per heavy atom. The summed E-state index contributed by atoms with van der Waals surface area (Å²) in [6.07, 6.45) is 8.45. The van der Waals surface area contributed by atoms with Crippen LogP contribution in [0.15, 0.2) is 0 Å². The second kappa shape index (κ2) is 7.04. The Morgan fingerprint density at radius 3 is 2.57 bits per heavy atom. The van der Waals surface area contributed by atoms with Gasteiger partial charge in [-0.25, -0.2) is 0 Å². The molecule has 0 spiro atoms. The van der Waals surface area contributed by atoms with Crippen LogP contribution >= 0.6 is 12.2 Å². The fourth-order valence-corrected chi connectivity index (χ4v) is 2.34. The lowest BCUT2D eigenvalue weighted by atomic mass is 9.87. The SMILES string of the molecule is CCNC(=S)NCCC1CCCCC1. The Balaban J connectivity index is 1.99. The van der Waals surface area contributed by atoms with Crippen molar-refractivity contribution < 1.29 is 0 Å². The van der Waals surface area contributed by atoms with E-state index in [9.17, 15) is 0 Å². The highest BCUT2D eigenvalue weighted by Crippen LogP contribution is 2.25. The van der Waals surface area contributed by atoms with E-state index in [1.165, 1.54) is 38.5 Å². The third-order valence-electron chi connectivity index (χ3n) is 2.90. The van der Waals surface area contributed by atoms with Crippen molar-refractivity contribution in [2.24, 2.45) is 5.92 Å². The first kappa shape index (κ1) is 11.8. The predicted octanol–water partition coefficient (Wildman–Crippen LogP) is 2.44. The van der Waals surface area contributed by atoms with Gasteiger partial charge in [0.25, 0.3) is 0 Å². The lowest BCUT2D eigenvalue weighted by Crippen LogP contribution is -2.36. The molecule has 0 saturated heterocycles. The van der Waals surface area contributed by atoms with E-state index < -0.39 is 0 Å². The highest BCUT2D eigenvalue weighted by Gasteiger charge is 2.12. The van der Waals surface area contributed by atoms with Crippen LogP contribution in [0.4, 0.5) is 0 Å². The number of hydrogen-bond acceptors (Lipinski definition) is 1. The third kappa shape index (κ3) is 4.80. The van der Waals surface area contributed by atoms with Gasteiger partial charge < -0.3 is 10.6 Å². The molecule has 0 amide bonds. The first-order chi connectivity index (χ1) is 6.83. The molecule has 0 atom stereocenters. The minimum Gasteiger partial charge on any atom is -0.363 e. The number of rotatable bonds is 4. The van der Waals surface area contributed by atoms with Crippen LogP contribution in [0.25, 0.3) is 0 Å².